The van der Waals surface area contributed by atoms with Crippen LogP contribution in [0, 0.1) is 5.92 Å². The van der Waals surface area contributed by atoms with Crippen molar-refractivity contribution in [2.24, 2.45) is 5.92 Å². The van der Waals surface area contributed by atoms with Crippen molar-refractivity contribution in [1.82, 2.24) is 4.98 Å². The molecule has 15 heavy (non-hydrogen) atoms. The highest BCUT2D eigenvalue weighted by Crippen LogP contribution is 2.17. The maximum Gasteiger partial charge on any atom is 0.229 e. The lowest BCUT2D eigenvalue weighted by Gasteiger charge is -2.13. The van der Waals surface area contributed by atoms with Crippen LogP contribution in [0.3, 0.4) is 0 Å². The van der Waals surface area contributed by atoms with Crippen molar-refractivity contribution in [3.05, 3.63) is 11.6 Å². The van der Waals surface area contributed by atoms with E-state index in [1.165, 1.54) is 11.3 Å². The summed E-state index contributed by atoms with van der Waals surface area (Å²) in [5.41, 5.74) is 0. The number of hydrogen-bond acceptors (Lipinski definition) is 3. The normalized spacial score (nSPS) is 10.6. The first kappa shape index (κ1) is 12.2. The van der Waals surface area contributed by atoms with E-state index in [4.69, 9.17) is 0 Å². The van der Waals surface area contributed by atoms with E-state index in [2.05, 4.69) is 24.1 Å². The zero-order valence-electron chi connectivity index (χ0n) is 9.32. The summed E-state index contributed by atoms with van der Waals surface area (Å²) in [6.45, 7) is 4.22. The summed E-state index contributed by atoms with van der Waals surface area (Å²) in [5, 5.41) is 5.43. The molecule has 0 radical (unpaired) electrons. The first-order chi connectivity index (χ1) is 7.27. The lowest BCUT2D eigenvalue weighted by Crippen LogP contribution is -2.22. The number of nitrogens with one attached hydrogen (secondary N) is 1. The van der Waals surface area contributed by atoms with Crippen molar-refractivity contribution in [1.29, 1.82) is 0 Å². The van der Waals surface area contributed by atoms with E-state index in [1.54, 1.807) is 6.20 Å². The van der Waals surface area contributed by atoms with Gasteiger partial charge in [-0.05, 0) is 12.8 Å². The van der Waals surface area contributed by atoms with Crippen molar-refractivity contribution in [2.75, 3.05) is 5.32 Å². The summed E-state index contributed by atoms with van der Waals surface area (Å²) in [7, 11) is 0. The van der Waals surface area contributed by atoms with E-state index in [0.717, 1.165) is 25.7 Å². The number of nitrogens with zero attached hydrogens (tertiary/aromatic N) is 1. The van der Waals surface area contributed by atoms with E-state index >= 15 is 0 Å². The minimum Gasteiger partial charge on any atom is -0.302 e. The Morgan fingerprint density at radius 1 is 1.47 bits per heavy atom. The second-order valence-corrected chi connectivity index (χ2v) is 4.50. The SMILES string of the molecule is CCCC(CCC)C(=O)Nc1nccs1. The van der Waals surface area contributed by atoms with Gasteiger partial charge in [-0.3, -0.25) is 4.79 Å². The highest BCUT2D eigenvalue weighted by molar-refractivity contribution is 7.13. The van der Waals surface area contributed by atoms with Gasteiger partial charge in [-0.2, -0.15) is 0 Å². The second kappa shape index (κ2) is 6.56. The largest absolute Gasteiger partial charge is 0.302 e. The number of carbonyl (C=O) groups is 1. The third-order valence-corrected chi connectivity index (χ3v) is 3.00. The smallest absolute Gasteiger partial charge is 0.229 e. The zero-order chi connectivity index (χ0) is 11.1. The van der Waals surface area contributed by atoms with E-state index < -0.39 is 0 Å². The van der Waals surface area contributed by atoms with Gasteiger partial charge in [0.05, 0.1) is 0 Å². The molecule has 4 heteroatoms. The first-order valence-corrected chi connectivity index (χ1v) is 6.36. The van der Waals surface area contributed by atoms with Gasteiger partial charge in [0.25, 0.3) is 0 Å². The van der Waals surface area contributed by atoms with Crippen molar-refractivity contribution < 1.29 is 4.79 Å². The predicted molar refractivity (Wildman–Crippen MR) is 64.0 cm³/mol. The molecule has 84 valence electrons. The molecule has 0 atom stereocenters. The van der Waals surface area contributed by atoms with Crippen LogP contribution < -0.4 is 5.32 Å². The molecular formula is C11H18N2OS. The van der Waals surface area contributed by atoms with Gasteiger partial charge >= 0.3 is 0 Å². The molecule has 0 aliphatic carbocycles. The fourth-order valence-corrected chi connectivity index (χ4v) is 2.13. The molecule has 0 saturated carbocycles. The number of aromatic nitrogens is 1. The van der Waals surface area contributed by atoms with Crippen LogP contribution >= 0.6 is 11.3 Å². The third kappa shape index (κ3) is 4.00. The number of amides is 1. The molecule has 1 aromatic heterocycles. The van der Waals surface area contributed by atoms with E-state index in [9.17, 15) is 4.79 Å². The van der Waals surface area contributed by atoms with Crippen LogP contribution in [-0.2, 0) is 4.79 Å². The van der Waals surface area contributed by atoms with Crippen LogP contribution in [0.1, 0.15) is 39.5 Å². The van der Waals surface area contributed by atoms with Gasteiger partial charge in [-0.15, -0.1) is 11.3 Å². The van der Waals surface area contributed by atoms with E-state index in [-0.39, 0.29) is 11.8 Å². The average molecular weight is 226 g/mol. The molecule has 1 amide bonds. The molecule has 0 aliphatic heterocycles. The summed E-state index contributed by atoms with van der Waals surface area (Å²) in [5.74, 6) is 0.262. The fraction of sp³-hybridized carbons (Fsp3) is 0.636. The Kier molecular flexibility index (Phi) is 5.32. The lowest BCUT2D eigenvalue weighted by molar-refractivity contribution is -0.120. The topological polar surface area (TPSA) is 42.0 Å². The fourth-order valence-electron chi connectivity index (χ4n) is 1.60. The maximum absolute atomic E-state index is 11.8. The molecule has 1 aromatic rings. The van der Waals surface area contributed by atoms with Crippen molar-refractivity contribution >= 4 is 22.4 Å². The molecule has 0 aromatic carbocycles. The summed E-state index contributed by atoms with van der Waals surface area (Å²) < 4.78 is 0. The summed E-state index contributed by atoms with van der Waals surface area (Å²) in [6, 6.07) is 0. The molecule has 0 unspecified atom stereocenters. The average Bonchev–Trinajstić information content (AvgIpc) is 2.70. The molecule has 0 bridgehead atoms. The van der Waals surface area contributed by atoms with Gasteiger partial charge in [-0.25, -0.2) is 4.98 Å². The van der Waals surface area contributed by atoms with Gasteiger partial charge in [0.1, 0.15) is 0 Å². The quantitative estimate of drug-likeness (QED) is 0.808. The highest BCUT2D eigenvalue weighted by atomic mass is 32.1. The van der Waals surface area contributed by atoms with Crippen LogP contribution in [0.4, 0.5) is 5.13 Å². The van der Waals surface area contributed by atoms with Crippen LogP contribution in [0.5, 0.6) is 0 Å². The highest BCUT2D eigenvalue weighted by Gasteiger charge is 2.17. The van der Waals surface area contributed by atoms with Gasteiger partial charge in [0, 0.05) is 17.5 Å². The van der Waals surface area contributed by atoms with Crippen molar-refractivity contribution in [2.45, 2.75) is 39.5 Å². The molecular weight excluding hydrogens is 208 g/mol. The molecule has 3 nitrogen and oxygen atoms in total. The zero-order valence-corrected chi connectivity index (χ0v) is 10.1. The molecule has 0 aliphatic rings. The lowest BCUT2D eigenvalue weighted by atomic mass is 9.97. The molecule has 1 N–H and O–H groups in total. The summed E-state index contributed by atoms with van der Waals surface area (Å²) in [6.07, 6.45) is 5.73. The van der Waals surface area contributed by atoms with E-state index in [0.29, 0.717) is 5.13 Å². The van der Waals surface area contributed by atoms with Gasteiger partial charge < -0.3 is 5.32 Å². The number of rotatable bonds is 6. The number of anilines is 1. The standard InChI is InChI=1S/C11H18N2OS/c1-3-5-9(6-4-2)10(14)13-11-12-7-8-15-11/h7-9H,3-6H2,1-2H3,(H,12,13,14). The Bertz CT molecular complexity index is 279. The third-order valence-electron chi connectivity index (χ3n) is 2.31. The Morgan fingerprint density at radius 3 is 2.60 bits per heavy atom. The molecule has 1 rings (SSSR count). The van der Waals surface area contributed by atoms with Gasteiger partial charge in [-0.1, -0.05) is 26.7 Å². The number of carbonyl (C=O) groups excluding carboxylic acids is 1. The molecule has 0 fully saturated rings. The number of hydrogen-bond donors (Lipinski definition) is 1. The van der Waals surface area contributed by atoms with Crippen molar-refractivity contribution in [3.63, 3.8) is 0 Å². The maximum atomic E-state index is 11.8. The Labute approximate surface area is 94.9 Å². The molecule has 1 heterocycles. The van der Waals surface area contributed by atoms with Crippen molar-refractivity contribution in [3.8, 4) is 0 Å². The summed E-state index contributed by atoms with van der Waals surface area (Å²) in [4.78, 5) is 15.9. The second-order valence-electron chi connectivity index (χ2n) is 3.60. The first-order valence-electron chi connectivity index (χ1n) is 5.48. The van der Waals surface area contributed by atoms with Crippen LogP contribution in [0.2, 0.25) is 0 Å². The Balaban J connectivity index is 2.48. The van der Waals surface area contributed by atoms with Crippen LogP contribution in [-0.4, -0.2) is 10.9 Å². The minimum absolute atomic E-state index is 0.119. The summed E-state index contributed by atoms with van der Waals surface area (Å²) >= 11 is 1.46. The number of thiazole rings is 1. The Hall–Kier alpha value is -0.900. The van der Waals surface area contributed by atoms with Gasteiger partial charge in [0.15, 0.2) is 5.13 Å². The molecule has 0 spiro atoms. The Morgan fingerprint density at radius 2 is 2.13 bits per heavy atom. The van der Waals surface area contributed by atoms with E-state index in [1.807, 2.05) is 5.38 Å². The van der Waals surface area contributed by atoms with Crippen LogP contribution in [0.25, 0.3) is 0 Å². The predicted octanol–water partition coefficient (Wildman–Crippen LogP) is 3.30. The minimum atomic E-state index is 0.119. The van der Waals surface area contributed by atoms with Crippen LogP contribution in [0.15, 0.2) is 11.6 Å². The monoisotopic (exact) mass is 226 g/mol. The molecule has 0 saturated heterocycles. The van der Waals surface area contributed by atoms with Gasteiger partial charge in [0.2, 0.25) is 5.91 Å².